The maximum atomic E-state index is 12.2. The SMILES string of the molecule is CON(C)S(=O)(=O)c1ccc(NC(=O)CN(C)C(=O)c2ccc(Br)s2)cc1. The minimum atomic E-state index is -3.75. The predicted molar refractivity (Wildman–Crippen MR) is 106 cm³/mol. The van der Waals surface area contributed by atoms with Crippen LogP contribution in [0, 0.1) is 0 Å². The molecule has 0 aliphatic carbocycles. The van der Waals surface area contributed by atoms with Crippen LogP contribution in [-0.2, 0) is 19.7 Å². The van der Waals surface area contributed by atoms with E-state index in [1.807, 2.05) is 0 Å². The Bertz CT molecular complexity index is 928. The smallest absolute Gasteiger partial charge is 0.264 e. The molecule has 11 heteroatoms. The fourth-order valence-electron chi connectivity index (χ4n) is 2.06. The summed E-state index contributed by atoms with van der Waals surface area (Å²) in [5, 5.41) is 2.63. The van der Waals surface area contributed by atoms with E-state index in [0.29, 0.717) is 10.6 Å². The lowest BCUT2D eigenvalue weighted by Crippen LogP contribution is -2.34. The van der Waals surface area contributed by atoms with Crippen LogP contribution in [0.2, 0.25) is 0 Å². The van der Waals surface area contributed by atoms with E-state index in [-0.39, 0.29) is 17.3 Å². The Morgan fingerprint density at radius 2 is 1.78 bits per heavy atom. The summed E-state index contributed by atoms with van der Waals surface area (Å²) in [4.78, 5) is 30.9. The van der Waals surface area contributed by atoms with Crippen molar-refractivity contribution in [3.05, 3.63) is 45.1 Å². The molecule has 0 radical (unpaired) electrons. The first-order chi connectivity index (χ1) is 12.6. The highest BCUT2D eigenvalue weighted by Gasteiger charge is 2.21. The van der Waals surface area contributed by atoms with E-state index in [4.69, 9.17) is 4.84 Å². The quantitative estimate of drug-likeness (QED) is 0.620. The van der Waals surface area contributed by atoms with Crippen molar-refractivity contribution in [3.63, 3.8) is 0 Å². The highest BCUT2D eigenvalue weighted by molar-refractivity contribution is 9.11. The number of anilines is 1. The number of carbonyl (C=O) groups is 2. The Balaban J connectivity index is 1.98. The molecule has 2 aromatic rings. The van der Waals surface area contributed by atoms with Crippen molar-refractivity contribution in [1.82, 2.24) is 9.37 Å². The van der Waals surface area contributed by atoms with Crippen LogP contribution >= 0.6 is 27.3 Å². The summed E-state index contributed by atoms with van der Waals surface area (Å²) in [7, 11) is 0.314. The second-order valence-corrected chi connectivity index (χ2v) is 9.83. The van der Waals surface area contributed by atoms with Gasteiger partial charge in [0.1, 0.15) is 0 Å². The van der Waals surface area contributed by atoms with Crippen molar-refractivity contribution < 1.29 is 22.8 Å². The monoisotopic (exact) mass is 475 g/mol. The number of nitrogens with one attached hydrogen (secondary N) is 1. The summed E-state index contributed by atoms with van der Waals surface area (Å²) in [5.41, 5.74) is 0.415. The zero-order valence-electron chi connectivity index (χ0n) is 14.8. The number of hydrogen-bond donors (Lipinski definition) is 1. The minimum absolute atomic E-state index is 0.0282. The van der Waals surface area contributed by atoms with Crippen LogP contribution in [-0.4, -0.2) is 57.4 Å². The van der Waals surface area contributed by atoms with E-state index in [0.717, 1.165) is 8.25 Å². The number of carbonyl (C=O) groups excluding carboxylic acids is 2. The van der Waals surface area contributed by atoms with Gasteiger partial charge in [0, 0.05) is 19.8 Å². The molecule has 8 nitrogen and oxygen atoms in total. The maximum Gasteiger partial charge on any atom is 0.264 e. The summed E-state index contributed by atoms with van der Waals surface area (Å²) < 4.78 is 25.8. The fourth-order valence-corrected chi connectivity index (χ4v) is 4.42. The minimum Gasteiger partial charge on any atom is -0.332 e. The van der Waals surface area contributed by atoms with Gasteiger partial charge in [0.2, 0.25) is 5.91 Å². The van der Waals surface area contributed by atoms with E-state index < -0.39 is 15.9 Å². The number of likely N-dealkylation sites (N-methyl/N-ethyl adjacent to an activating group) is 1. The third-order valence-corrected chi connectivity index (χ3v) is 6.85. The maximum absolute atomic E-state index is 12.2. The zero-order chi connectivity index (χ0) is 20.2. The Morgan fingerprint density at radius 1 is 1.15 bits per heavy atom. The second kappa shape index (κ2) is 8.93. The van der Waals surface area contributed by atoms with Gasteiger partial charge in [0.25, 0.3) is 15.9 Å². The van der Waals surface area contributed by atoms with Crippen LogP contribution in [0.5, 0.6) is 0 Å². The number of nitrogens with zero attached hydrogens (tertiary/aromatic N) is 2. The summed E-state index contributed by atoms with van der Waals surface area (Å²) in [6.45, 7) is -0.138. The molecule has 0 fully saturated rings. The van der Waals surface area contributed by atoms with E-state index in [9.17, 15) is 18.0 Å². The van der Waals surface area contributed by atoms with Crippen LogP contribution in [0.25, 0.3) is 0 Å². The van der Waals surface area contributed by atoms with Crippen molar-refractivity contribution in [2.75, 3.05) is 33.1 Å². The molecule has 0 saturated carbocycles. The molecule has 146 valence electrons. The van der Waals surface area contributed by atoms with E-state index >= 15 is 0 Å². The fraction of sp³-hybridized carbons (Fsp3) is 0.250. The van der Waals surface area contributed by atoms with Gasteiger partial charge in [-0.1, -0.05) is 4.47 Å². The number of halogens is 1. The molecule has 2 amide bonds. The molecule has 1 N–H and O–H groups in total. The number of hydrogen-bond acceptors (Lipinski definition) is 6. The molecule has 0 aliphatic rings. The van der Waals surface area contributed by atoms with E-state index in [2.05, 4.69) is 21.2 Å². The van der Waals surface area contributed by atoms with Gasteiger partial charge in [-0.2, -0.15) is 0 Å². The molecule has 0 aliphatic heterocycles. The summed E-state index contributed by atoms with van der Waals surface area (Å²) >= 11 is 4.58. The van der Waals surface area contributed by atoms with Crippen molar-refractivity contribution in [2.24, 2.45) is 0 Å². The molecule has 1 aromatic heterocycles. The molecule has 0 bridgehead atoms. The van der Waals surface area contributed by atoms with Gasteiger partial charge in [-0.05, 0) is 52.3 Å². The van der Waals surface area contributed by atoms with Gasteiger partial charge in [-0.25, -0.2) is 8.42 Å². The van der Waals surface area contributed by atoms with Crippen molar-refractivity contribution in [1.29, 1.82) is 0 Å². The van der Waals surface area contributed by atoms with Gasteiger partial charge >= 0.3 is 0 Å². The lowest BCUT2D eigenvalue weighted by Gasteiger charge is -2.16. The average Bonchev–Trinajstić information content (AvgIpc) is 3.06. The van der Waals surface area contributed by atoms with Gasteiger partial charge < -0.3 is 10.2 Å². The Hall–Kier alpha value is -1.79. The third-order valence-electron chi connectivity index (χ3n) is 3.54. The molecule has 1 heterocycles. The molecule has 2 rings (SSSR count). The van der Waals surface area contributed by atoms with Gasteiger partial charge in [0.05, 0.1) is 27.2 Å². The molecular weight excluding hydrogens is 458 g/mol. The summed E-state index contributed by atoms with van der Waals surface area (Å²) in [6, 6.07) is 9.10. The van der Waals surface area contributed by atoms with Crippen LogP contribution in [0.15, 0.2) is 45.1 Å². The van der Waals surface area contributed by atoms with Gasteiger partial charge in [-0.3, -0.25) is 14.4 Å². The highest BCUT2D eigenvalue weighted by atomic mass is 79.9. The van der Waals surface area contributed by atoms with Crippen LogP contribution in [0.3, 0.4) is 0 Å². The average molecular weight is 476 g/mol. The standard InChI is InChI=1S/C16H18BrN3O5S2/c1-19(16(22)13-8-9-14(17)26-13)10-15(21)18-11-4-6-12(7-5-11)27(23,24)20(2)25-3/h4-9H,10H2,1-3H3,(H,18,21). The van der Waals surface area contributed by atoms with Crippen molar-refractivity contribution >= 4 is 54.8 Å². The largest absolute Gasteiger partial charge is 0.332 e. The van der Waals surface area contributed by atoms with Crippen LogP contribution < -0.4 is 5.32 Å². The number of hydroxylamine groups is 1. The Morgan fingerprint density at radius 3 is 2.30 bits per heavy atom. The molecule has 27 heavy (non-hydrogen) atoms. The normalized spacial score (nSPS) is 11.4. The predicted octanol–water partition coefficient (Wildman–Crippen LogP) is 2.40. The second-order valence-electron chi connectivity index (χ2n) is 5.43. The molecule has 0 saturated heterocycles. The van der Waals surface area contributed by atoms with Crippen LogP contribution in [0.1, 0.15) is 9.67 Å². The first kappa shape index (κ1) is 21.5. The lowest BCUT2D eigenvalue weighted by molar-refractivity contribution is -0.116. The third kappa shape index (κ3) is 5.36. The van der Waals surface area contributed by atoms with Crippen LogP contribution in [0.4, 0.5) is 5.69 Å². The number of benzene rings is 1. The topological polar surface area (TPSA) is 96.0 Å². The number of amides is 2. The summed E-state index contributed by atoms with van der Waals surface area (Å²) in [5.74, 6) is -0.656. The lowest BCUT2D eigenvalue weighted by atomic mass is 10.3. The summed E-state index contributed by atoms with van der Waals surface area (Å²) in [6.07, 6.45) is 0. The van der Waals surface area contributed by atoms with E-state index in [1.165, 1.54) is 61.7 Å². The molecule has 1 aromatic carbocycles. The zero-order valence-corrected chi connectivity index (χ0v) is 18.0. The Kier molecular flexibility index (Phi) is 7.12. The molecular formula is C16H18BrN3O5S2. The van der Waals surface area contributed by atoms with Crippen molar-refractivity contribution in [3.8, 4) is 0 Å². The number of rotatable bonds is 7. The molecule has 0 spiro atoms. The van der Waals surface area contributed by atoms with Crippen molar-refractivity contribution in [2.45, 2.75) is 4.90 Å². The molecule has 0 unspecified atom stereocenters. The Labute approximate surface area is 169 Å². The van der Waals surface area contributed by atoms with Gasteiger partial charge in [0.15, 0.2) is 0 Å². The number of sulfonamides is 1. The molecule has 0 atom stereocenters. The van der Waals surface area contributed by atoms with E-state index in [1.54, 1.807) is 12.1 Å². The number of thiophene rings is 1. The van der Waals surface area contributed by atoms with Gasteiger partial charge in [-0.15, -0.1) is 11.3 Å². The first-order valence-corrected chi connectivity index (χ1v) is 10.6. The highest BCUT2D eigenvalue weighted by Crippen LogP contribution is 2.23. The first-order valence-electron chi connectivity index (χ1n) is 7.59.